The second-order valence-electron chi connectivity index (χ2n) is 4.25. The maximum absolute atomic E-state index is 11.4. The molecule has 1 aromatic heterocycles. The number of carbonyl (C=O) groups is 2. The largest absolute Gasteiger partial charge is 0.477 e. The minimum atomic E-state index is -1.06. The summed E-state index contributed by atoms with van der Waals surface area (Å²) in [6.07, 6.45) is 3.95. The van der Waals surface area contributed by atoms with Crippen LogP contribution in [0.2, 0.25) is 0 Å². The first kappa shape index (κ1) is 12.3. The molecule has 0 spiro atoms. The van der Waals surface area contributed by atoms with Crippen LogP contribution in [0, 0.1) is 0 Å². The molecular weight excluding hydrogens is 234 g/mol. The van der Waals surface area contributed by atoms with E-state index in [1.165, 1.54) is 12.3 Å². The Morgan fingerprint density at radius 1 is 1.44 bits per heavy atom. The van der Waals surface area contributed by atoms with Gasteiger partial charge in [0.1, 0.15) is 5.69 Å². The Hall–Kier alpha value is -2.11. The number of nitrogens with zero attached hydrogens (tertiary/aromatic N) is 1. The maximum Gasteiger partial charge on any atom is 0.354 e. The third-order valence-electron chi connectivity index (χ3n) is 2.60. The van der Waals surface area contributed by atoms with Crippen molar-refractivity contribution >= 4 is 17.6 Å². The van der Waals surface area contributed by atoms with Crippen LogP contribution in [0.1, 0.15) is 29.8 Å². The molecule has 1 fully saturated rings. The van der Waals surface area contributed by atoms with Crippen LogP contribution in [-0.4, -0.2) is 34.6 Å². The highest BCUT2D eigenvalue weighted by Gasteiger charge is 2.22. The number of anilines is 1. The molecule has 0 aliphatic heterocycles. The van der Waals surface area contributed by atoms with Gasteiger partial charge in [0.25, 0.3) is 0 Å². The Bertz CT molecular complexity index is 458. The van der Waals surface area contributed by atoms with Crippen molar-refractivity contribution in [2.75, 3.05) is 11.9 Å². The molecule has 0 saturated heterocycles. The number of amides is 1. The van der Waals surface area contributed by atoms with E-state index in [0.29, 0.717) is 24.7 Å². The molecule has 1 saturated carbocycles. The van der Waals surface area contributed by atoms with Crippen molar-refractivity contribution < 1.29 is 14.7 Å². The smallest absolute Gasteiger partial charge is 0.354 e. The van der Waals surface area contributed by atoms with Crippen LogP contribution in [0.4, 0.5) is 5.69 Å². The Balaban J connectivity index is 1.76. The average Bonchev–Trinajstić information content (AvgIpc) is 3.13. The lowest BCUT2D eigenvalue weighted by molar-refractivity contribution is -0.120. The number of aromatic nitrogens is 1. The lowest BCUT2D eigenvalue weighted by atomic mass is 10.3. The highest BCUT2D eigenvalue weighted by atomic mass is 16.4. The molecule has 0 atom stereocenters. The maximum atomic E-state index is 11.4. The summed E-state index contributed by atoms with van der Waals surface area (Å²) in [6.45, 7) is 0.474. The van der Waals surface area contributed by atoms with Gasteiger partial charge in [0.05, 0.1) is 0 Å². The second-order valence-corrected chi connectivity index (χ2v) is 4.25. The molecular formula is C12H15N3O3. The van der Waals surface area contributed by atoms with E-state index >= 15 is 0 Å². The van der Waals surface area contributed by atoms with Crippen LogP contribution in [0.15, 0.2) is 18.3 Å². The third kappa shape index (κ3) is 3.73. The van der Waals surface area contributed by atoms with Gasteiger partial charge in [-0.15, -0.1) is 0 Å². The van der Waals surface area contributed by atoms with E-state index in [1.807, 2.05) is 0 Å². The van der Waals surface area contributed by atoms with Gasteiger partial charge in [0, 0.05) is 30.9 Å². The highest BCUT2D eigenvalue weighted by Crippen LogP contribution is 2.18. The zero-order valence-corrected chi connectivity index (χ0v) is 9.85. The summed E-state index contributed by atoms with van der Waals surface area (Å²) in [4.78, 5) is 25.8. The van der Waals surface area contributed by atoms with Crippen LogP contribution < -0.4 is 10.6 Å². The zero-order valence-electron chi connectivity index (χ0n) is 9.85. The van der Waals surface area contributed by atoms with Gasteiger partial charge in [-0.25, -0.2) is 9.78 Å². The number of hydrogen-bond donors (Lipinski definition) is 3. The molecule has 0 radical (unpaired) electrons. The third-order valence-corrected chi connectivity index (χ3v) is 2.60. The van der Waals surface area contributed by atoms with E-state index in [-0.39, 0.29) is 11.6 Å². The Morgan fingerprint density at radius 3 is 2.89 bits per heavy atom. The molecule has 18 heavy (non-hydrogen) atoms. The van der Waals surface area contributed by atoms with Gasteiger partial charge in [-0.3, -0.25) is 4.79 Å². The van der Waals surface area contributed by atoms with Crippen LogP contribution in [0.25, 0.3) is 0 Å². The Labute approximate surface area is 104 Å². The quantitative estimate of drug-likeness (QED) is 0.695. The van der Waals surface area contributed by atoms with E-state index in [4.69, 9.17) is 5.11 Å². The number of pyridine rings is 1. The van der Waals surface area contributed by atoms with Gasteiger partial charge in [-0.05, 0) is 25.0 Å². The standard InChI is InChI=1S/C12H15N3O3/c16-11(15-8-1-2-8)4-6-13-9-3-5-14-10(7-9)12(17)18/h3,5,7-8H,1-2,4,6H2,(H,13,14)(H,15,16)(H,17,18). The first-order valence-electron chi connectivity index (χ1n) is 5.88. The van der Waals surface area contributed by atoms with Crippen molar-refractivity contribution in [3.05, 3.63) is 24.0 Å². The number of carboxylic acids is 1. The first-order chi connectivity index (χ1) is 8.65. The van der Waals surface area contributed by atoms with Crippen molar-refractivity contribution in [2.24, 2.45) is 0 Å². The lowest BCUT2D eigenvalue weighted by Gasteiger charge is -2.07. The predicted octanol–water partition coefficient (Wildman–Crippen LogP) is 0.860. The van der Waals surface area contributed by atoms with Gasteiger partial charge in [-0.1, -0.05) is 0 Å². The van der Waals surface area contributed by atoms with Crippen LogP contribution in [0.5, 0.6) is 0 Å². The topological polar surface area (TPSA) is 91.3 Å². The molecule has 3 N–H and O–H groups in total. The summed E-state index contributed by atoms with van der Waals surface area (Å²) in [5.74, 6) is -1.04. The minimum Gasteiger partial charge on any atom is -0.477 e. The fourth-order valence-electron chi connectivity index (χ4n) is 1.51. The highest BCUT2D eigenvalue weighted by molar-refractivity contribution is 5.86. The van der Waals surface area contributed by atoms with Gasteiger partial charge in [0.15, 0.2) is 0 Å². The molecule has 6 heteroatoms. The molecule has 1 heterocycles. The van der Waals surface area contributed by atoms with Crippen molar-refractivity contribution in [3.8, 4) is 0 Å². The normalized spacial score (nSPS) is 14.0. The van der Waals surface area contributed by atoms with Gasteiger partial charge in [0.2, 0.25) is 5.91 Å². The van der Waals surface area contributed by atoms with Crippen molar-refractivity contribution in [1.82, 2.24) is 10.3 Å². The molecule has 6 nitrogen and oxygen atoms in total. The summed E-state index contributed by atoms with van der Waals surface area (Å²) in [5, 5.41) is 14.7. The van der Waals surface area contributed by atoms with Crippen molar-refractivity contribution in [1.29, 1.82) is 0 Å². The van der Waals surface area contributed by atoms with Crippen LogP contribution in [0.3, 0.4) is 0 Å². The number of rotatable bonds is 6. The van der Waals surface area contributed by atoms with E-state index < -0.39 is 5.97 Å². The molecule has 0 unspecified atom stereocenters. The van der Waals surface area contributed by atoms with Crippen LogP contribution >= 0.6 is 0 Å². The molecule has 1 aliphatic carbocycles. The fraction of sp³-hybridized carbons (Fsp3) is 0.417. The second kappa shape index (κ2) is 5.48. The van der Waals surface area contributed by atoms with Crippen molar-refractivity contribution in [2.45, 2.75) is 25.3 Å². The summed E-state index contributed by atoms with van der Waals surface area (Å²) in [6, 6.07) is 3.49. The molecule has 1 amide bonds. The monoisotopic (exact) mass is 249 g/mol. The molecule has 96 valence electrons. The average molecular weight is 249 g/mol. The number of nitrogens with one attached hydrogen (secondary N) is 2. The zero-order chi connectivity index (χ0) is 13.0. The van der Waals surface area contributed by atoms with Gasteiger partial charge < -0.3 is 15.7 Å². The molecule has 1 aromatic rings. The first-order valence-corrected chi connectivity index (χ1v) is 5.88. The fourth-order valence-corrected chi connectivity index (χ4v) is 1.51. The van der Waals surface area contributed by atoms with Gasteiger partial charge >= 0.3 is 5.97 Å². The van der Waals surface area contributed by atoms with E-state index in [0.717, 1.165) is 12.8 Å². The number of carbonyl (C=O) groups excluding carboxylic acids is 1. The summed E-state index contributed by atoms with van der Waals surface area (Å²) < 4.78 is 0. The summed E-state index contributed by atoms with van der Waals surface area (Å²) in [5.41, 5.74) is 0.643. The number of hydrogen-bond acceptors (Lipinski definition) is 4. The summed E-state index contributed by atoms with van der Waals surface area (Å²) >= 11 is 0. The summed E-state index contributed by atoms with van der Waals surface area (Å²) in [7, 11) is 0. The van der Waals surface area contributed by atoms with E-state index in [9.17, 15) is 9.59 Å². The van der Waals surface area contributed by atoms with E-state index in [2.05, 4.69) is 15.6 Å². The Morgan fingerprint density at radius 2 is 2.22 bits per heavy atom. The molecule has 2 rings (SSSR count). The number of carboxylic acid groups (broad SMARTS) is 1. The van der Waals surface area contributed by atoms with Crippen molar-refractivity contribution in [3.63, 3.8) is 0 Å². The molecule has 0 aromatic carbocycles. The SMILES string of the molecule is O=C(CCNc1ccnc(C(=O)O)c1)NC1CC1. The molecule has 1 aliphatic rings. The molecule has 0 bridgehead atoms. The number of aromatic carboxylic acids is 1. The predicted molar refractivity (Wildman–Crippen MR) is 65.5 cm³/mol. The van der Waals surface area contributed by atoms with Gasteiger partial charge in [-0.2, -0.15) is 0 Å². The van der Waals surface area contributed by atoms with E-state index in [1.54, 1.807) is 6.07 Å². The Kier molecular flexibility index (Phi) is 3.76. The van der Waals surface area contributed by atoms with Crippen LogP contribution in [-0.2, 0) is 4.79 Å². The lowest BCUT2D eigenvalue weighted by Crippen LogP contribution is -2.27. The minimum absolute atomic E-state index is 0.0116.